The number of carbonyl (C=O) groups excluding carboxylic acids is 1. The Bertz CT molecular complexity index is 841. The quantitative estimate of drug-likeness (QED) is 0.764. The number of amides is 1. The molecule has 0 aliphatic heterocycles. The summed E-state index contributed by atoms with van der Waals surface area (Å²) in [6.07, 6.45) is 8.32. The van der Waals surface area contributed by atoms with Gasteiger partial charge in [-0.2, -0.15) is 0 Å². The van der Waals surface area contributed by atoms with Gasteiger partial charge in [0.25, 0.3) is 5.91 Å². The van der Waals surface area contributed by atoms with Crippen molar-refractivity contribution < 1.29 is 13.9 Å². The highest BCUT2D eigenvalue weighted by atomic mass is 19.1. The molecular weight excluding hydrogens is 353 g/mol. The number of ether oxygens (including phenoxy) is 1. The molecule has 6 rings (SSSR count). The molecule has 2 aromatic carbocycles. The molecule has 0 unspecified atom stereocenters. The molecule has 146 valence electrons. The van der Waals surface area contributed by atoms with E-state index in [0.29, 0.717) is 5.41 Å². The molecule has 2 aromatic rings. The molecule has 4 heteroatoms. The number of hydrogen-bond acceptors (Lipinski definition) is 2. The minimum absolute atomic E-state index is 0.0924. The number of halogens is 1. The van der Waals surface area contributed by atoms with E-state index in [1.54, 1.807) is 12.1 Å². The van der Waals surface area contributed by atoms with E-state index in [4.69, 9.17) is 4.74 Å². The second-order valence-electron chi connectivity index (χ2n) is 9.04. The van der Waals surface area contributed by atoms with Crippen molar-refractivity contribution in [2.45, 2.75) is 43.9 Å². The van der Waals surface area contributed by atoms with Crippen molar-refractivity contribution in [2.75, 3.05) is 11.9 Å². The van der Waals surface area contributed by atoms with Crippen molar-refractivity contribution in [3.05, 3.63) is 59.9 Å². The van der Waals surface area contributed by atoms with Gasteiger partial charge in [-0.3, -0.25) is 4.79 Å². The number of anilines is 1. The fourth-order valence-corrected chi connectivity index (χ4v) is 6.27. The molecule has 1 amide bonds. The number of para-hydroxylation sites is 1. The first-order chi connectivity index (χ1) is 13.6. The lowest BCUT2D eigenvalue weighted by atomic mass is 9.48. The number of hydrogen-bond donors (Lipinski definition) is 1. The zero-order valence-electron chi connectivity index (χ0n) is 16.0. The number of carbonyl (C=O) groups is 1. The molecule has 4 aliphatic rings. The lowest BCUT2D eigenvalue weighted by Gasteiger charge is -2.57. The summed E-state index contributed by atoms with van der Waals surface area (Å²) in [6, 6.07) is 14.5. The third kappa shape index (κ3) is 3.30. The molecular formula is C24H26FNO2. The van der Waals surface area contributed by atoms with Gasteiger partial charge in [0.05, 0.1) is 0 Å². The first-order valence-electron chi connectivity index (χ1n) is 10.4. The van der Waals surface area contributed by atoms with E-state index >= 15 is 0 Å². The van der Waals surface area contributed by atoms with E-state index in [9.17, 15) is 9.18 Å². The largest absolute Gasteiger partial charge is 0.481 e. The first kappa shape index (κ1) is 17.7. The molecule has 4 bridgehead atoms. The van der Waals surface area contributed by atoms with Crippen LogP contribution in [0.2, 0.25) is 0 Å². The molecule has 0 spiro atoms. The molecule has 1 N–H and O–H groups in total. The van der Waals surface area contributed by atoms with Crippen molar-refractivity contribution in [1.29, 1.82) is 0 Å². The number of rotatable bonds is 5. The zero-order chi connectivity index (χ0) is 19.1. The Balaban J connectivity index is 1.22. The molecule has 0 radical (unpaired) electrons. The van der Waals surface area contributed by atoms with E-state index in [0.717, 1.165) is 23.4 Å². The van der Waals surface area contributed by atoms with E-state index in [-0.39, 0.29) is 18.3 Å². The van der Waals surface area contributed by atoms with Crippen LogP contribution in [0.4, 0.5) is 10.1 Å². The Morgan fingerprint density at radius 2 is 1.57 bits per heavy atom. The molecule has 4 fully saturated rings. The summed E-state index contributed by atoms with van der Waals surface area (Å²) in [6.45, 7) is -0.211. The molecule has 4 saturated carbocycles. The van der Waals surface area contributed by atoms with Crippen LogP contribution in [0.5, 0.6) is 5.75 Å². The monoisotopic (exact) mass is 379 g/mol. The lowest BCUT2D eigenvalue weighted by molar-refractivity contribution is -0.118. The van der Waals surface area contributed by atoms with Crippen molar-refractivity contribution >= 4 is 11.6 Å². The van der Waals surface area contributed by atoms with Gasteiger partial charge in [-0.1, -0.05) is 24.3 Å². The Hall–Kier alpha value is -2.36. The highest BCUT2D eigenvalue weighted by Crippen LogP contribution is 2.60. The van der Waals surface area contributed by atoms with Crippen LogP contribution in [0.25, 0.3) is 0 Å². The fourth-order valence-electron chi connectivity index (χ4n) is 6.27. The summed E-state index contributed by atoms with van der Waals surface area (Å²) in [5.74, 6) is 2.10. The third-order valence-corrected chi connectivity index (χ3v) is 7.01. The molecule has 0 heterocycles. The van der Waals surface area contributed by atoms with Crippen LogP contribution in [0.3, 0.4) is 0 Å². The fraction of sp³-hybridized carbons (Fsp3) is 0.458. The van der Waals surface area contributed by atoms with Gasteiger partial charge in [0, 0.05) is 5.69 Å². The van der Waals surface area contributed by atoms with E-state index in [1.165, 1.54) is 56.2 Å². The van der Waals surface area contributed by atoms with Crippen LogP contribution in [0.15, 0.2) is 48.5 Å². The molecule has 0 atom stereocenters. The molecule has 28 heavy (non-hydrogen) atoms. The second-order valence-corrected chi connectivity index (χ2v) is 9.04. The van der Waals surface area contributed by atoms with Gasteiger partial charge in [-0.15, -0.1) is 0 Å². The van der Waals surface area contributed by atoms with Crippen molar-refractivity contribution in [3.8, 4) is 5.75 Å². The van der Waals surface area contributed by atoms with Gasteiger partial charge < -0.3 is 10.1 Å². The SMILES string of the molecule is O=C(COc1ccccc1F)Nc1ccc(C23CC4CC(CC(C4)C2)C3)cc1. The summed E-state index contributed by atoms with van der Waals surface area (Å²) < 4.78 is 18.8. The average Bonchev–Trinajstić information content (AvgIpc) is 2.67. The van der Waals surface area contributed by atoms with Gasteiger partial charge in [0.1, 0.15) is 0 Å². The molecule has 0 aromatic heterocycles. The molecule has 4 aliphatic carbocycles. The van der Waals surface area contributed by atoms with Gasteiger partial charge in [0.2, 0.25) is 0 Å². The summed E-state index contributed by atoms with van der Waals surface area (Å²) in [4.78, 5) is 12.1. The maximum atomic E-state index is 13.6. The van der Waals surface area contributed by atoms with Crippen molar-refractivity contribution in [1.82, 2.24) is 0 Å². The Morgan fingerprint density at radius 1 is 0.964 bits per heavy atom. The van der Waals surface area contributed by atoms with Crippen LogP contribution >= 0.6 is 0 Å². The standard InChI is InChI=1S/C24H26FNO2/c25-21-3-1-2-4-22(21)28-15-23(27)26-20-7-5-19(6-8-20)24-12-16-9-17(13-24)11-18(10-16)14-24/h1-8,16-18H,9-15H2,(H,26,27). The van der Waals surface area contributed by atoms with Crippen LogP contribution in [0, 0.1) is 23.6 Å². The van der Waals surface area contributed by atoms with Crippen LogP contribution in [-0.2, 0) is 10.2 Å². The van der Waals surface area contributed by atoms with Gasteiger partial charge >= 0.3 is 0 Å². The summed E-state index contributed by atoms with van der Waals surface area (Å²) in [5.41, 5.74) is 2.56. The highest BCUT2D eigenvalue weighted by molar-refractivity contribution is 5.91. The first-order valence-corrected chi connectivity index (χ1v) is 10.4. The van der Waals surface area contributed by atoms with E-state index < -0.39 is 5.82 Å². The number of benzene rings is 2. The van der Waals surface area contributed by atoms with E-state index in [2.05, 4.69) is 17.4 Å². The Morgan fingerprint density at radius 3 is 2.18 bits per heavy atom. The van der Waals surface area contributed by atoms with Crippen LogP contribution in [-0.4, -0.2) is 12.5 Å². The minimum atomic E-state index is -0.463. The predicted molar refractivity (Wildman–Crippen MR) is 107 cm³/mol. The summed E-state index contributed by atoms with van der Waals surface area (Å²) in [7, 11) is 0. The van der Waals surface area contributed by atoms with Gasteiger partial charge in [-0.05, 0) is 91.5 Å². The van der Waals surface area contributed by atoms with Gasteiger partial charge in [0.15, 0.2) is 18.2 Å². The lowest BCUT2D eigenvalue weighted by Crippen LogP contribution is -2.48. The maximum absolute atomic E-state index is 13.6. The summed E-state index contributed by atoms with van der Waals surface area (Å²) >= 11 is 0. The normalized spacial score (nSPS) is 30.2. The summed E-state index contributed by atoms with van der Waals surface area (Å²) in [5, 5.41) is 2.85. The van der Waals surface area contributed by atoms with Crippen LogP contribution in [0.1, 0.15) is 44.1 Å². The van der Waals surface area contributed by atoms with E-state index in [1.807, 2.05) is 12.1 Å². The number of nitrogens with one attached hydrogen (secondary N) is 1. The van der Waals surface area contributed by atoms with Crippen molar-refractivity contribution in [2.24, 2.45) is 17.8 Å². The minimum Gasteiger partial charge on any atom is -0.481 e. The smallest absolute Gasteiger partial charge is 0.262 e. The van der Waals surface area contributed by atoms with Crippen molar-refractivity contribution in [3.63, 3.8) is 0 Å². The van der Waals surface area contributed by atoms with Gasteiger partial charge in [-0.25, -0.2) is 4.39 Å². The maximum Gasteiger partial charge on any atom is 0.262 e. The highest BCUT2D eigenvalue weighted by Gasteiger charge is 2.51. The predicted octanol–water partition coefficient (Wildman–Crippen LogP) is 5.31. The second kappa shape index (κ2) is 6.91. The van der Waals surface area contributed by atoms with Crippen LogP contribution < -0.4 is 10.1 Å². The topological polar surface area (TPSA) is 38.3 Å². The third-order valence-electron chi connectivity index (χ3n) is 7.01. The molecule has 0 saturated heterocycles. The Labute approximate surface area is 165 Å². The molecule has 3 nitrogen and oxygen atoms in total. The zero-order valence-corrected chi connectivity index (χ0v) is 16.0. The Kier molecular flexibility index (Phi) is 4.37. The average molecular weight is 379 g/mol.